The smallest absolute Gasteiger partial charge is 0.326 e. The van der Waals surface area contributed by atoms with Crippen molar-refractivity contribution in [3.05, 3.63) is 40.9 Å². The second-order valence-corrected chi connectivity index (χ2v) is 4.73. The molecule has 1 rings (SSSR count). The zero-order chi connectivity index (χ0) is 15.8. The first-order valence-corrected chi connectivity index (χ1v) is 6.51. The number of nitrogens with one attached hydrogen (secondary N) is 1. The van der Waals surface area contributed by atoms with E-state index < -0.39 is 23.8 Å². The van der Waals surface area contributed by atoms with Crippen LogP contribution in [0.2, 0.25) is 5.02 Å². The zero-order valence-corrected chi connectivity index (χ0v) is 11.8. The van der Waals surface area contributed by atoms with Gasteiger partial charge in [0.05, 0.1) is 0 Å². The Bertz CT molecular complexity index is 572. The predicted octanol–water partition coefficient (Wildman–Crippen LogP) is 1.19. The second-order valence-electron chi connectivity index (χ2n) is 4.29. The van der Waals surface area contributed by atoms with Crippen LogP contribution in [0.15, 0.2) is 30.3 Å². The van der Waals surface area contributed by atoms with Crippen molar-refractivity contribution in [3.63, 3.8) is 0 Å². The number of carbonyl (C=O) groups excluding carboxylic acids is 2. The molecule has 7 heteroatoms. The van der Waals surface area contributed by atoms with Crippen molar-refractivity contribution in [3.8, 4) is 0 Å². The lowest BCUT2D eigenvalue weighted by atomic mass is 10.1. The summed E-state index contributed by atoms with van der Waals surface area (Å²) in [6, 6.07) is 5.68. The van der Waals surface area contributed by atoms with Gasteiger partial charge in [0.25, 0.3) is 0 Å². The van der Waals surface area contributed by atoms with Crippen LogP contribution in [0.5, 0.6) is 0 Å². The fourth-order valence-electron chi connectivity index (χ4n) is 1.55. The molecule has 0 bridgehead atoms. The Balaban J connectivity index is 2.61. The number of hydrogen-bond acceptors (Lipinski definition) is 3. The molecule has 4 N–H and O–H groups in total. The van der Waals surface area contributed by atoms with Gasteiger partial charge >= 0.3 is 5.97 Å². The lowest BCUT2D eigenvalue weighted by Gasteiger charge is -2.11. The minimum atomic E-state index is -1.22. The van der Waals surface area contributed by atoms with E-state index in [0.29, 0.717) is 10.6 Å². The molecule has 1 aromatic carbocycles. The first kappa shape index (κ1) is 16.7. The maximum atomic E-state index is 11.7. The first-order valence-electron chi connectivity index (χ1n) is 6.13. The molecule has 1 atom stereocenters. The molecule has 0 saturated carbocycles. The molecule has 1 aromatic rings. The molecule has 0 spiro atoms. The molecular formula is C14H15ClN2O4. The van der Waals surface area contributed by atoms with Gasteiger partial charge in [-0.25, -0.2) is 4.79 Å². The van der Waals surface area contributed by atoms with Crippen LogP contribution in [-0.2, 0) is 14.4 Å². The average Bonchev–Trinajstić information content (AvgIpc) is 2.40. The largest absolute Gasteiger partial charge is 0.480 e. The van der Waals surface area contributed by atoms with Gasteiger partial charge in [0.1, 0.15) is 6.04 Å². The Morgan fingerprint density at radius 3 is 2.67 bits per heavy atom. The average molecular weight is 311 g/mol. The minimum absolute atomic E-state index is 0.0542. The summed E-state index contributed by atoms with van der Waals surface area (Å²) in [6.45, 7) is 0. The van der Waals surface area contributed by atoms with Gasteiger partial charge in [-0.3, -0.25) is 9.59 Å². The number of primary amides is 1. The Hall–Kier alpha value is -2.34. The van der Waals surface area contributed by atoms with Crippen molar-refractivity contribution in [1.82, 2.24) is 5.32 Å². The van der Waals surface area contributed by atoms with Gasteiger partial charge in [-0.1, -0.05) is 23.7 Å². The molecule has 112 valence electrons. The van der Waals surface area contributed by atoms with Crippen LogP contribution in [0.4, 0.5) is 0 Å². The lowest BCUT2D eigenvalue weighted by molar-refractivity contribution is -0.141. The molecule has 0 fully saturated rings. The van der Waals surface area contributed by atoms with Crippen LogP contribution in [0.25, 0.3) is 6.08 Å². The van der Waals surface area contributed by atoms with E-state index in [2.05, 4.69) is 5.32 Å². The molecule has 0 aliphatic carbocycles. The first-order chi connectivity index (χ1) is 9.88. The fraction of sp³-hybridized carbons (Fsp3) is 0.214. The van der Waals surface area contributed by atoms with Gasteiger partial charge < -0.3 is 16.2 Å². The normalized spacial score (nSPS) is 12.0. The number of rotatable bonds is 7. The minimum Gasteiger partial charge on any atom is -0.480 e. The molecule has 0 saturated heterocycles. The van der Waals surface area contributed by atoms with Gasteiger partial charge in [0, 0.05) is 17.5 Å². The number of carboxylic acids is 1. The third-order valence-corrected chi connectivity index (χ3v) is 2.80. The highest BCUT2D eigenvalue weighted by Crippen LogP contribution is 2.11. The zero-order valence-electron chi connectivity index (χ0n) is 11.1. The van der Waals surface area contributed by atoms with Crippen molar-refractivity contribution in [2.75, 3.05) is 0 Å². The van der Waals surface area contributed by atoms with Crippen LogP contribution >= 0.6 is 11.6 Å². The highest BCUT2D eigenvalue weighted by atomic mass is 35.5. The Labute approximate surface area is 126 Å². The summed E-state index contributed by atoms with van der Waals surface area (Å²) < 4.78 is 0. The molecule has 2 amide bonds. The summed E-state index contributed by atoms with van der Waals surface area (Å²) in [5.41, 5.74) is 5.66. The molecule has 0 aliphatic heterocycles. The number of carboxylic acid groups (broad SMARTS) is 1. The molecular weight excluding hydrogens is 296 g/mol. The lowest BCUT2D eigenvalue weighted by Crippen LogP contribution is -2.40. The van der Waals surface area contributed by atoms with Gasteiger partial charge in [0.15, 0.2) is 0 Å². The Morgan fingerprint density at radius 1 is 1.38 bits per heavy atom. The number of hydrogen-bond donors (Lipinski definition) is 3. The van der Waals surface area contributed by atoms with Gasteiger partial charge in [-0.05, 0) is 30.2 Å². The number of nitrogens with two attached hydrogens (primary N) is 1. The van der Waals surface area contributed by atoms with Crippen LogP contribution in [0.1, 0.15) is 18.4 Å². The van der Waals surface area contributed by atoms with E-state index in [1.807, 2.05) is 0 Å². The Kier molecular flexibility index (Phi) is 6.42. The van der Waals surface area contributed by atoms with E-state index in [1.165, 1.54) is 12.2 Å². The maximum Gasteiger partial charge on any atom is 0.326 e. The van der Waals surface area contributed by atoms with E-state index in [9.17, 15) is 14.4 Å². The standard InChI is InChI=1S/C14H15ClN2O4/c15-10-3-1-2-9(8-10)4-7-13(19)17-11(14(20)21)5-6-12(16)18/h1-4,7-8,11H,5-6H2,(H2,16,18)(H,17,19)(H,20,21)/b7-4+. The summed E-state index contributed by atoms with van der Waals surface area (Å²) in [6.07, 6.45) is 2.54. The quantitative estimate of drug-likeness (QED) is 0.657. The topological polar surface area (TPSA) is 109 Å². The van der Waals surface area contributed by atoms with Crippen molar-refractivity contribution < 1.29 is 19.5 Å². The van der Waals surface area contributed by atoms with Crippen molar-refractivity contribution >= 4 is 35.5 Å². The summed E-state index contributed by atoms with van der Waals surface area (Å²) in [5, 5.41) is 11.8. The summed E-state index contributed by atoms with van der Waals surface area (Å²) in [5.74, 6) is -2.42. The molecule has 0 heterocycles. The third-order valence-electron chi connectivity index (χ3n) is 2.57. The van der Waals surface area contributed by atoms with E-state index in [4.69, 9.17) is 22.4 Å². The number of carbonyl (C=O) groups is 3. The van der Waals surface area contributed by atoms with E-state index in [1.54, 1.807) is 24.3 Å². The van der Waals surface area contributed by atoms with E-state index >= 15 is 0 Å². The van der Waals surface area contributed by atoms with Crippen LogP contribution in [0, 0.1) is 0 Å². The molecule has 1 unspecified atom stereocenters. The molecule has 0 aromatic heterocycles. The van der Waals surface area contributed by atoms with Crippen LogP contribution in [0.3, 0.4) is 0 Å². The monoisotopic (exact) mass is 310 g/mol. The molecule has 21 heavy (non-hydrogen) atoms. The third kappa shape index (κ3) is 6.58. The summed E-state index contributed by atoms with van der Waals surface area (Å²) in [4.78, 5) is 33.3. The van der Waals surface area contributed by atoms with Crippen LogP contribution < -0.4 is 11.1 Å². The molecule has 0 aliphatic rings. The SMILES string of the molecule is NC(=O)CCC(NC(=O)/C=C/c1cccc(Cl)c1)C(=O)O. The number of amides is 2. The summed E-state index contributed by atoms with van der Waals surface area (Å²) in [7, 11) is 0. The molecule has 6 nitrogen and oxygen atoms in total. The predicted molar refractivity (Wildman–Crippen MR) is 78.5 cm³/mol. The van der Waals surface area contributed by atoms with Crippen molar-refractivity contribution in [1.29, 1.82) is 0 Å². The number of halogens is 1. The van der Waals surface area contributed by atoms with Gasteiger partial charge in [0.2, 0.25) is 11.8 Å². The van der Waals surface area contributed by atoms with E-state index in [0.717, 1.165) is 0 Å². The number of benzene rings is 1. The van der Waals surface area contributed by atoms with Crippen LogP contribution in [-0.4, -0.2) is 28.9 Å². The summed E-state index contributed by atoms with van der Waals surface area (Å²) >= 11 is 5.80. The van der Waals surface area contributed by atoms with Gasteiger partial charge in [-0.2, -0.15) is 0 Å². The molecule has 0 radical (unpaired) electrons. The fourth-order valence-corrected chi connectivity index (χ4v) is 1.74. The van der Waals surface area contributed by atoms with E-state index in [-0.39, 0.29) is 12.8 Å². The maximum absolute atomic E-state index is 11.7. The second kappa shape index (κ2) is 8.06. The van der Waals surface area contributed by atoms with Gasteiger partial charge in [-0.15, -0.1) is 0 Å². The highest BCUT2D eigenvalue weighted by molar-refractivity contribution is 6.30. The highest BCUT2D eigenvalue weighted by Gasteiger charge is 2.19. The number of aliphatic carboxylic acids is 1. The van der Waals surface area contributed by atoms with Crippen molar-refractivity contribution in [2.24, 2.45) is 5.73 Å². The van der Waals surface area contributed by atoms with Crippen molar-refractivity contribution in [2.45, 2.75) is 18.9 Å². The Morgan fingerprint density at radius 2 is 2.10 bits per heavy atom.